The van der Waals surface area contributed by atoms with Gasteiger partial charge in [0.2, 0.25) is 0 Å². The van der Waals surface area contributed by atoms with E-state index >= 15 is 0 Å². The monoisotopic (exact) mass is 732 g/mol. The van der Waals surface area contributed by atoms with Gasteiger partial charge in [0.15, 0.2) is 0 Å². The van der Waals surface area contributed by atoms with Gasteiger partial charge < -0.3 is 27.9 Å². The molecule has 0 fully saturated rings. The Morgan fingerprint density at radius 3 is 1.52 bits per heavy atom. The molecule has 8 nitrogen and oxygen atoms in total. The van der Waals surface area contributed by atoms with Gasteiger partial charge in [-0.3, -0.25) is 9.36 Å². The number of rotatable bonds is 39. The standard InChI is InChI=1S/C41H82NO7P/c1-6-8-10-12-14-16-18-19-20-21-22-23-25-27-29-31-33-36-46-38-40(39-48-50(44,45)47-37-35-42(3,4)5)49-41(43)34-32-30-28-26-24-17-15-13-11-9-7-2/h20-21,40H,6-19,22-39H2,1-5H3/b21-20-. The number of hydrogen-bond donors (Lipinski definition) is 0. The number of nitrogens with zero attached hydrogens (tertiary/aromatic N) is 1. The van der Waals surface area contributed by atoms with E-state index in [1.54, 1.807) is 0 Å². The summed E-state index contributed by atoms with van der Waals surface area (Å²) in [6, 6.07) is 0. The van der Waals surface area contributed by atoms with E-state index < -0.39 is 13.9 Å². The fourth-order valence-corrected chi connectivity index (χ4v) is 6.50. The molecule has 0 rings (SSSR count). The summed E-state index contributed by atoms with van der Waals surface area (Å²) in [5.41, 5.74) is 0. The maximum absolute atomic E-state index is 12.6. The molecule has 0 aromatic rings. The maximum Gasteiger partial charge on any atom is 0.306 e. The lowest BCUT2D eigenvalue weighted by Gasteiger charge is -2.28. The Morgan fingerprint density at radius 1 is 0.600 bits per heavy atom. The van der Waals surface area contributed by atoms with Crippen LogP contribution in [0.4, 0.5) is 0 Å². The van der Waals surface area contributed by atoms with Crippen LogP contribution >= 0.6 is 7.82 Å². The number of ether oxygens (including phenoxy) is 2. The molecule has 0 aliphatic carbocycles. The van der Waals surface area contributed by atoms with Crippen molar-refractivity contribution >= 4 is 13.8 Å². The summed E-state index contributed by atoms with van der Waals surface area (Å²) in [5.74, 6) is -0.336. The first-order valence-corrected chi connectivity index (χ1v) is 22.4. The lowest BCUT2D eigenvalue weighted by atomic mass is 10.1. The average molecular weight is 732 g/mol. The van der Waals surface area contributed by atoms with Gasteiger partial charge in [-0.05, 0) is 38.5 Å². The predicted octanol–water partition coefficient (Wildman–Crippen LogP) is 11.3. The van der Waals surface area contributed by atoms with Crippen LogP contribution in [0.3, 0.4) is 0 Å². The van der Waals surface area contributed by atoms with Crippen molar-refractivity contribution in [3.8, 4) is 0 Å². The Labute approximate surface area is 310 Å². The van der Waals surface area contributed by atoms with Crippen LogP contribution in [-0.2, 0) is 27.9 Å². The molecule has 2 unspecified atom stereocenters. The van der Waals surface area contributed by atoms with Crippen molar-refractivity contribution in [2.45, 2.75) is 193 Å². The highest BCUT2D eigenvalue weighted by atomic mass is 31.2. The fourth-order valence-electron chi connectivity index (χ4n) is 5.78. The smallest absolute Gasteiger partial charge is 0.306 e. The van der Waals surface area contributed by atoms with E-state index in [1.165, 1.54) is 135 Å². The maximum atomic E-state index is 12.6. The van der Waals surface area contributed by atoms with Gasteiger partial charge in [-0.2, -0.15) is 0 Å². The predicted molar refractivity (Wildman–Crippen MR) is 208 cm³/mol. The molecule has 0 aromatic heterocycles. The highest BCUT2D eigenvalue weighted by Crippen LogP contribution is 2.38. The van der Waals surface area contributed by atoms with Crippen LogP contribution in [0.15, 0.2) is 12.2 Å². The molecule has 0 amide bonds. The van der Waals surface area contributed by atoms with Crippen molar-refractivity contribution in [2.75, 3.05) is 54.1 Å². The molecule has 0 radical (unpaired) electrons. The molecule has 0 heterocycles. The summed E-state index contributed by atoms with van der Waals surface area (Å²) in [5, 5.41) is 0. The van der Waals surface area contributed by atoms with Crippen molar-refractivity contribution in [1.82, 2.24) is 0 Å². The summed E-state index contributed by atoms with van der Waals surface area (Å²) >= 11 is 0. The normalized spacial score (nSPS) is 14.0. The number of carbonyl (C=O) groups excluding carboxylic acids is 1. The van der Waals surface area contributed by atoms with Gasteiger partial charge in [0.1, 0.15) is 19.3 Å². The Morgan fingerprint density at radius 2 is 1.04 bits per heavy atom. The fraction of sp³-hybridized carbons (Fsp3) is 0.927. The number of allylic oxidation sites excluding steroid dienone is 2. The van der Waals surface area contributed by atoms with E-state index in [0.717, 1.165) is 32.1 Å². The Balaban J connectivity index is 4.22. The number of unbranched alkanes of at least 4 members (excludes halogenated alkanes) is 23. The number of phosphoric ester groups is 1. The summed E-state index contributed by atoms with van der Waals surface area (Å²) < 4.78 is 34.5. The van der Waals surface area contributed by atoms with Crippen molar-refractivity contribution in [3.63, 3.8) is 0 Å². The van der Waals surface area contributed by atoms with Crippen LogP contribution in [0.1, 0.15) is 187 Å². The highest BCUT2D eigenvalue weighted by Gasteiger charge is 2.20. The SMILES string of the molecule is CCCCCCCCC/C=C\CCCCCCCCOCC(COP(=O)([O-])OCC[N+](C)(C)C)OC(=O)CCCCCCCCCCCCC. The molecule has 0 saturated heterocycles. The molecular formula is C41H82NO7P. The highest BCUT2D eigenvalue weighted by molar-refractivity contribution is 7.45. The molecule has 0 saturated carbocycles. The van der Waals surface area contributed by atoms with Crippen LogP contribution in [0.5, 0.6) is 0 Å². The molecule has 50 heavy (non-hydrogen) atoms. The average Bonchev–Trinajstić information content (AvgIpc) is 3.06. The molecule has 0 aliphatic rings. The molecule has 0 aromatic carbocycles. The van der Waals surface area contributed by atoms with Gasteiger partial charge in [0.05, 0.1) is 34.4 Å². The molecule has 0 spiro atoms. The Hall–Kier alpha value is -0.760. The molecule has 2 atom stereocenters. The van der Waals surface area contributed by atoms with Crippen LogP contribution in [0.25, 0.3) is 0 Å². The van der Waals surface area contributed by atoms with Crippen molar-refractivity contribution < 1.29 is 37.3 Å². The summed E-state index contributed by atoms with van der Waals surface area (Å²) in [7, 11) is 1.36. The minimum Gasteiger partial charge on any atom is -0.756 e. The molecule has 0 bridgehead atoms. The van der Waals surface area contributed by atoms with Crippen molar-refractivity contribution in [1.29, 1.82) is 0 Å². The van der Waals surface area contributed by atoms with E-state index in [1.807, 2.05) is 21.1 Å². The number of carbonyl (C=O) groups is 1. The lowest BCUT2D eigenvalue weighted by Crippen LogP contribution is -2.37. The second-order valence-electron chi connectivity index (χ2n) is 15.4. The van der Waals surface area contributed by atoms with E-state index in [-0.39, 0.29) is 25.8 Å². The van der Waals surface area contributed by atoms with E-state index in [2.05, 4.69) is 26.0 Å². The van der Waals surface area contributed by atoms with E-state index in [0.29, 0.717) is 24.1 Å². The molecule has 0 aliphatic heterocycles. The zero-order valence-electron chi connectivity index (χ0n) is 33.6. The molecule has 298 valence electrons. The first-order chi connectivity index (χ1) is 24.1. The van der Waals surface area contributed by atoms with Gasteiger partial charge in [-0.1, -0.05) is 154 Å². The van der Waals surface area contributed by atoms with Gasteiger partial charge in [-0.15, -0.1) is 0 Å². The summed E-state index contributed by atoms with van der Waals surface area (Å²) in [4.78, 5) is 24.9. The Bertz CT molecular complexity index is 817. The molecule has 9 heteroatoms. The second kappa shape index (κ2) is 35.3. The number of likely N-dealkylation sites (N-methyl/N-ethyl adjacent to an activating group) is 1. The quantitative estimate of drug-likeness (QED) is 0.0204. The molecular weight excluding hydrogens is 649 g/mol. The minimum atomic E-state index is -4.51. The third kappa shape index (κ3) is 38.5. The third-order valence-corrected chi connectivity index (χ3v) is 10.0. The first-order valence-electron chi connectivity index (χ1n) is 20.9. The Kier molecular flexibility index (Phi) is 34.7. The van der Waals surface area contributed by atoms with Gasteiger partial charge in [0, 0.05) is 13.0 Å². The number of phosphoric acid groups is 1. The van der Waals surface area contributed by atoms with E-state index in [4.69, 9.17) is 18.5 Å². The van der Waals surface area contributed by atoms with Gasteiger partial charge >= 0.3 is 5.97 Å². The van der Waals surface area contributed by atoms with Gasteiger partial charge in [-0.25, -0.2) is 0 Å². The van der Waals surface area contributed by atoms with Crippen LogP contribution in [-0.4, -0.2) is 70.7 Å². The van der Waals surface area contributed by atoms with Crippen molar-refractivity contribution in [3.05, 3.63) is 12.2 Å². The zero-order chi connectivity index (χ0) is 37.0. The zero-order valence-corrected chi connectivity index (χ0v) is 34.5. The summed E-state index contributed by atoms with van der Waals surface area (Å²) in [6.45, 7) is 5.41. The molecule has 0 N–H and O–H groups in total. The number of esters is 1. The third-order valence-electron chi connectivity index (χ3n) is 9.07. The lowest BCUT2D eigenvalue weighted by molar-refractivity contribution is -0.870. The van der Waals surface area contributed by atoms with Crippen LogP contribution in [0, 0.1) is 0 Å². The summed E-state index contributed by atoms with van der Waals surface area (Å²) in [6.07, 6.45) is 36.4. The van der Waals surface area contributed by atoms with Crippen molar-refractivity contribution in [2.24, 2.45) is 0 Å². The first kappa shape index (κ1) is 49.2. The number of quaternary nitrogens is 1. The van der Waals surface area contributed by atoms with Crippen LogP contribution in [0.2, 0.25) is 0 Å². The topological polar surface area (TPSA) is 94.1 Å². The largest absolute Gasteiger partial charge is 0.756 e. The minimum absolute atomic E-state index is 0.0279. The van der Waals surface area contributed by atoms with Gasteiger partial charge in [0.25, 0.3) is 7.82 Å². The second-order valence-corrected chi connectivity index (χ2v) is 16.8. The number of hydrogen-bond acceptors (Lipinski definition) is 7. The van der Waals surface area contributed by atoms with E-state index in [9.17, 15) is 14.3 Å². The van der Waals surface area contributed by atoms with Crippen LogP contribution < -0.4 is 4.89 Å².